The molecule has 0 amide bonds. The van der Waals surface area contributed by atoms with Crippen LogP contribution in [-0.2, 0) is 4.79 Å². The van der Waals surface area contributed by atoms with Crippen LogP contribution in [0.5, 0.6) is 0 Å². The molecule has 0 aromatic rings. The van der Waals surface area contributed by atoms with E-state index in [0.717, 1.165) is 24.7 Å². The summed E-state index contributed by atoms with van der Waals surface area (Å²) >= 11 is 0. The zero-order valence-electron chi connectivity index (χ0n) is 12.7. The van der Waals surface area contributed by atoms with Gasteiger partial charge >= 0.3 is 5.97 Å². The molecule has 0 saturated heterocycles. The lowest BCUT2D eigenvalue weighted by molar-refractivity contribution is -0.142. The van der Waals surface area contributed by atoms with E-state index in [1.165, 1.54) is 32.1 Å². The minimum Gasteiger partial charge on any atom is -0.481 e. The molecule has 0 aromatic heterocycles. The zero-order chi connectivity index (χ0) is 14.0. The Bertz CT molecular complexity index is 315. The van der Waals surface area contributed by atoms with Crippen molar-refractivity contribution in [2.45, 2.75) is 76.8 Å². The Hall–Kier alpha value is -0.570. The van der Waals surface area contributed by atoms with Crippen molar-refractivity contribution < 1.29 is 9.90 Å². The number of hydrogen-bond donors (Lipinski definition) is 1. The van der Waals surface area contributed by atoms with E-state index >= 15 is 0 Å². The van der Waals surface area contributed by atoms with Gasteiger partial charge in [0.25, 0.3) is 0 Å². The number of carbonyl (C=O) groups is 1. The third-order valence-electron chi connectivity index (χ3n) is 5.65. The summed E-state index contributed by atoms with van der Waals surface area (Å²) in [7, 11) is 2.18. The van der Waals surface area contributed by atoms with Gasteiger partial charge in [0.05, 0.1) is 6.42 Å². The summed E-state index contributed by atoms with van der Waals surface area (Å²) < 4.78 is 0. The van der Waals surface area contributed by atoms with Crippen molar-refractivity contribution in [1.82, 2.24) is 4.90 Å². The number of aliphatic carboxylic acids is 1. The van der Waals surface area contributed by atoms with Crippen molar-refractivity contribution in [3.63, 3.8) is 0 Å². The molecule has 19 heavy (non-hydrogen) atoms. The van der Waals surface area contributed by atoms with Crippen LogP contribution in [0.2, 0.25) is 0 Å². The molecular formula is C16H29NO2. The van der Waals surface area contributed by atoms with Crippen molar-refractivity contribution in [3.05, 3.63) is 0 Å². The third kappa shape index (κ3) is 3.13. The fourth-order valence-corrected chi connectivity index (χ4v) is 4.02. The first kappa shape index (κ1) is 14.8. The standard InChI is InChI=1S/C16H29NO2/c1-12(2)13-9-14(10-13)17(3)16(11-15(18)19)7-5-4-6-8-16/h12-14H,4-11H2,1-3H3,(H,18,19). The molecule has 2 saturated carbocycles. The minimum absolute atomic E-state index is 0.0588. The van der Waals surface area contributed by atoms with Crippen molar-refractivity contribution in [2.24, 2.45) is 11.8 Å². The fourth-order valence-electron chi connectivity index (χ4n) is 4.02. The van der Waals surface area contributed by atoms with E-state index in [-0.39, 0.29) is 5.54 Å². The molecule has 0 spiro atoms. The molecule has 3 heteroatoms. The van der Waals surface area contributed by atoms with Crippen molar-refractivity contribution in [2.75, 3.05) is 7.05 Å². The molecule has 0 unspecified atom stereocenters. The van der Waals surface area contributed by atoms with Gasteiger partial charge < -0.3 is 5.11 Å². The summed E-state index contributed by atoms with van der Waals surface area (Å²) in [6.45, 7) is 4.60. The maximum absolute atomic E-state index is 11.3. The minimum atomic E-state index is -0.631. The average molecular weight is 267 g/mol. The molecule has 2 rings (SSSR count). The number of carboxylic acids is 1. The number of rotatable bonds is 5. The van der Waals surface area contributed by atoms with Gasteiger partial charge in [-0.25, -0.2) is 0 Å². The molecule has 3 nitrogen and oxygen atoms in total. The highest BCUT2D eigenvalue weighted by Crippen LogP contribution is 2.44. The second-order valence-electron chi connectivity index (χ2n) is 7.10. The van der Waals surface area contributed by atoms with E-state index in [9.17, 15) is 9.90 Å². The van der Waals surface area contributed by atoms with Crippen LogP contribution in [0.4, 0.5) is 0 Å². The molecule has 0 aromatic carbocycles. The second-order valence-corrected chi connectivity index (χ2v) is 7.10. The Morgan fingerprint density at radius 2 is 1.84 bits per heavy atom. The second kappa shape index (κ2) is 5.82. The van der Waals surface area contributed by atoms with Crippen LogP contribution in [0, 0.1) is 11.8 Å². The largest absolute Gasteiger partial charge is 0.481 e. The number of nitrogens with zero attached hydrogens (tertiary/aromatic N) is 1. The van der Waals surface area contributed by atoms with Gasteiger partial charge in [-0.15, -0.1) is 0 Å². The summed E-state index contributed by atoms with van der Waals surface area (Å²) in [5.74, 6) is 0.984. The smallest absolute Gasteiger partial charge is 0.305 e. The quantitative estimate of drug-likeness (QED) is 0.828. The molecule has 1 N–H and O–H groups in total. The van der Waals surface area contributed by atoms with E-state index in [4.69, 9.17) is 0 Å². The van der Waals surface area contributed by atoms with E-state index < -0.39 is 5.97 Å². The van der Waals surface area contributed by atoms with Gasteiger partial charge in [0.2, 0.25) is 0 Å². The Labute approximate surface area is 117 Å². The van der Waals surface area contributed by atoms with Gasteiger partial charge in [0, 0.05) is 11.6 Å². The first-order chi connectivity index (χ1) is 8.94. The highest BCUT2D eigenvalue weighted by molar-refractivity contribution is 5.68. The predicted octanol–water partition coefficient (Wildman–Crippen LogP) is 3.53. The summed E-state index contributed by atoms with van der Waals surface area (Å²) in [5, 5.41) is 9.27. The zero-order valence-corrected chi connectivity index (χ0v) is 12.7. The van der Waals surface area contributed by atoms with Gasteiger partial charge in [-0.3, -0.25) is 9.69 Å². The maximum atomic E-state index is 11.3. The van der Waals surface area contributed by atoms with Gasteiger partial charge in [0.15, 0.2) is 0 Å². The molecule has 0 heterocycles. The van der Waals surface area contributed by atoms with Crippen LogP contribution in [0.3, 0.4) is 0 Å². The summed E-state index contributed by atoms with van der Waals surface area (Å²) in [5.41, 5.74) is -0.0588. The Morgan fingerprint density at radius 3 is 2.32 bits per heavy atom. The molecule has 0 radical (unpaired) electrons. The normalized spacial score (nSPS) is 30.4. The van der Waals surface area contributed by atoms with Gasteiger partial charge in [-0.1, -0.05) is 33.1 Å². The van der Waals surface area contributed by atoms with Crippen molar-refractivity contribution in [1.29, 1.82) is 0 Å². The van der Waals surface area contributed by atoms with Crippen LogP contribution < -0.4 is 0 Å². The summed E-state index contributed by atoms with van der Waals surface area (Å²) in [6.07, 6.45) is 8.64. The van der Waals surface area contributed by atoms with E-state index in [1.807, 2.05) is 0 Å². The predicted molar refractivity (Wildman–Crippen MR) is 77.2 cm³/mol. The van der Waals surface area contributed by atoms with E-state index in [1.54, 1.807) is 0 Å². The van der Waals surface area contributed by atoms with Gasteiger partial charge in [-0.2, -0.15) is 0 Å². The molecular weight excluding hydrogens is 238 g/mol. The highest BCUT2D eigenvalue weighted by atomic mass is 16.4. The lowest BCUT2D eigenvalue weighted by atomic mass is 9.69. The van der Waals surface area contributed by atoms with Crippen LogP contribution in [0.15, 0.2) is 0 Å². The Kier molecular flexibility index (Phi) is 4.54. The van der Waals surface area contributed by atoms with Crippen molar-refractivity contribution in [3.8, 4) is 0 Å². The molecule has 0 bridgehead atoms. The Morgan fingerprint density at radius 1 is 1.26 bits per heavy atom. The van der Waals surface area contributed by atoms with Gasteiger partial charge in [-0.05, 0) is 44.6 Å². The monoisotopic (exact) mass is 267 g/mol. The lowest BCUT2D eigenvalue weighted by Gasteiger charge is -2.53. The molecule has 2 aliphatic carbocycles. The summed E-state index contributed by atoms with van der Waals surface area (Å²) in [6, 6.07) is 0.616. The maximum Gasteiger partial charge on any atom is 0.305 e. The van der Waals surface area contributed by atoms with E-state index in [2.05, 4.69) is 25.8 Å². The van der Waals surface area contributed by atoms with E-state index in [0.29, 0.717) is 12.5 Å². The molecule has 0 atom stereocenters. The average Bonchev–Trinajstić information content (AvgIpc) is 2.26. The summed E-state index contributed by atoms with van der Waals surface area (Å²) in [4.78, 5) is 13.7. The SMILES string of the molecule is CC(C)C1CC(N(C)C2(CC(=O)O)CCCCC2)C1. The third-order valence-corrected chi connectivity index (χ3v) is 5.65. The van der Waals surface area contributed by atoms with Gasteiger partial charge in [0.1, 0.15) is 0 Å². The van der Waals surface area contributed by atoms with Crippen LogP contribution in [0.1, 0.15) is 65.2 Å². The topological polar surface area (TPSA) is 40.5 Å². The number of carboxylic acid groups (broad SMARTS) is 1. The van der Waals surface area contributed by atoms with Crippen LogP contribution >= 0.6 is 0 Å². The first-order valence-electron chi connectivity index (χ1n) is 7.89. The fraction of sp³-hybridized carbons (Fsp3) is 0.938. The Balaban J connectivity index is 2.00. The number of hydrogen-bond acceptors (Lipinski definition) is 2. The van der Waals surface area contributed by atoms with Crippen LogP contribution in [-0.4, -0.2) is 34.6 Å². The van der Waals surface area contributed by atoms with Crippen molar-refractivity contribution >= 4 is 5.97 Å². The molecule has 2 fully saturated rings. The molecule has 0 aliphatic heterocycles. The molecule has 110 valence electrons. The molecule has 2 aliphatic rings. The lowest BCUT2D eigenvalue weighted by Crippen LogP contribution is -2.57. The highest BCUT2D eigenvalue weighted by Gasteiger charge is 2.44. The van der Waals surface area contributed by atoms with Crippen LogP contribution in [0.25, 0.3) is 0 Å². The first-order valence-corrected chi connectivity index (χ1v) is 7.89.